The van der Waals surface area contributed by atoms with E-state index >= 15 is 0 Å². The summed E-state index contributed by atoms with van der Waals surface area (Å²) in [7, 11) is 0. The Hall–Kier alpha value is -2.88. The van der Waals surface area contributed by atoms with Crippen molar-refractivity contribution in [1.29, 1.82) is 0 Å². The van der Waals surface area contributed by atoms with Gasteiger partial charge in [-0.2, -0.15) is 12.6 Å². The van der Waals surface area contributed by atoms with E-state index in [2.05, 4.69) is 42.4 Å². The normalized spacial score (nSPS) is 17.5. The minimum atomic E-state index is -0.879. The zero-order valence-electron chi connectivity index (χ0n) is 21.0. The van der Waals surface area contributed by atoms with Crippen LogP contribution in [0.15, 0.2) is 24.3 Å². The fourth-order valence-electron chi connectivity index (χ4n) is 3.71. The molecule has 3 atom stereocenters. The van der Waals surface area contributed by atoms with E-state index in [0.717, 1.165) is 11.3 Å². The second-order valence-corrected chi connectivity index (χ2v) is 10.3. The molecule has 10 heteroatoms. The fourth-order valence-corrected chi connectivity index (χ4v) is 4.00. The Morgan fingerprint density at radius 2 is 1.63 bits per heavy atom. The van der Waals surface area contributed by atoms with Gasteiger partial charge in [0, 0.05) is 25.1 Å². The SMILES string of the molecule is CC(C)Cc1ccc(NC(=O)C(C)NC(=O)C(NC(=O)CCN2C(=O)CC(S)C2=O)C(C)C)cc1. The molecule has 1 aromatic rings. The van der Waals surface area contributed by atoms with Crippen LogP contribution in [0.2, 0.25) is 0 Å². The second kappa shape index (κ2) is 12.7. The van der Waals surface area contributed by atoms with Crippen molar-refractivity contribution in [3.05, 3.63) is 29.8 Å². The molecule has 0 bridgehead atoms. The first kappa shape index (κ1) is 28.4. The summed E-state index contributed by atoms with van der Waals surface area (Å²) < 4.78 is 0. The van der Waals surface area contributed by atoms with Gasteiger partial charge in [0.25, 0.3) is 0 Å². The number of rotatable bonds is 11. The number of carbonyl (C=O) groups is 5. The molecule has 0 spiro atoms. The Bertz CT molecular complexity index is 948. The van der Waals surface area contributed by atoms with E-state index in [9.17, 15) is 24.0 Å². The summed E-state index contributed by atoms with van der Waals surface area (Å²) in [5.41, 5.74) is 1.81. The number of hydrogen-bond donors (Lipinski definition) is 4. The van der Waals surface area contributed by atoms with E-state index in [4.69, 9.17) is 0 Å². The van der Waals surface area contributed by atoms with E-state index in [1.54, 1.807) is 20.8 Å². The number of hydrogen-bond acceptors (Lipinski definition) is 6. The van der Waals surface area contributed by atoms with Gasteiger partial charge in [-0.3, -0.25) is 28.9 Å². The Labute approximate surface area is 212 Å². The maximum atomic E-state index is 12.8. The molecule has 9 nitrogen and oxygen atoms in total. The summed E-state index contributed by atoms with van der Waals surface area (Å²) in [6.07, 6.45) is 0.837. The zero-order valence-corrected chi connectivity index (χ0v) is 21.9. The van der Waals surface area contributed by atoms with E-state index in [1.807, 2.05) is 24.3 Å². The second-order valence-electron chi connectivity index (χ2n) is 9.66. The summed E-state index contributed by atoms with van der Waals surface area (Å²) in [5, 5.41) is 7.40. The number of nitrogens with one attached hydrogen (secondary N) is 3. The average molecular weight is 505 g/mol. The van der Waals surface area contributed by atoms with Crippen LogP contribution in [0, 0.1) is 11.8 Å². The first-order valence-electron chi connectivity index (χ1n) is 11.9. The first-order valence-corrected chi connectivity index (χ1v) is 12.4. The summed E-state index contributed by atoms with van der Waals surface area (Å²) in [6, 6.07) is 5.87. The predicted octanol–water partition coefficient (Wildman–Crippen LogP) is 1.92. The summed E-state index contributed by atoms with van der Waals surface area (Å²) in [5.74, 6) is -1.84. The number of imide groups is 1. The molecule has 1 aliphatic rings. The van der Waals surface area contributed by atoms with Gasteiger partial charge in [0.2, 0.25) is 29.5 Å². The molecule has 3 N–H and O–H groups in total. The molecule has 3 unspecified atom stereocenters. The highest BCUT2D eigenvalue weighted by molar-refractivity contribution is 7.81. The summed E-state index contributed by atoms with van der Waals surface area (Å²) in [6.45, 7) is 9.32. The first-order chi connectivity index (χ1) is 16.4. The van der Waals surface area contributed by atoms with Crippen LogP contribution in [0.5, 0.6) is 0 Å². The topological polar surface area (TPSA) is 125 Å². The molecule has 2 rings (SSSR count). The van der Waals surface area contributed by atoms with E-state index in [0.29, 0.717) is 11.6 Å². The van der Waals surface area contributed by atoms with Crippen LogP contribution in [0.4, 0.5) is 5.69 Å². The van der Waals surface area contributed by atoms with Gasteiger partial charge in [0.15, 0.2) is 0 Å². The molecule has 5 amide bonds. The summed E-state index contributed by atoms with van der Waals surface area (Å²) in [4.78, 5) is 62.6. The number of amides is 5. The van der Waals surface area contributed by atoms with Gasteiger partial charge in [-0.05, 0) is 42.9 Å². The minimum absolute atomic E-state index is 0.0165. The summed E-state index contributed by atoms with van der Waals surface area (Å²) >= 11 is 4.06. The molecule has 0 aliphatic carbocycles. The van der Waals surface area contributed by atoms with Crippen molar-refractivity contribution in [1.82, 2.24) is 15.5 Å². The molecule has 1 fully saturated rings. The Morgan fingerprint density at radius 1 is 1.00 bits per heavy atom. The number of benzene rings is 1. The quantitative estimate of drug-likeness (QED) is 0.271. The molecule has 1 saturated heterocycles. The molecular formula is C25H36N4O5S. The number of anilines is 1. The van der Waals surface area contributed by atoms with Crippen molar-refractivity contribution in [3.8, 4) is 0 Å². The Kier molecular flexibility index (Phi) is 10.3. The Balaban J connectivity index is 1.88. The largest absolute Gasteiger partial charge is 0.344 e. The lowest BCUT2D eigenvalue weighted by molar-refractivity contribution is -0.139. The third-order valence-corrected chi connectivity index (χ3v) is 6.07. The lowest BCUT2D eigenvalue weighted by atomic mass is 10.0. The number of carbonyl (C=O) groups excluding carboxylic acids is 5. The van der Waals surface area contributed by atoms with Gasteiger partial charge in [-0.15, -0.1) is 0 Å². The van der Waals surface area contributed by atoms with Crippen LogP contribution in [-0.4, -0.2) is 58.3 Å². The third kappa shape index (κ3) is 8.38. The van der Waals surface area contributed by atoms with Gasteiger partial charge in [-0.1, -0.05) is 39.8 Å². The van der Waals surface area contributed by atoms with Crippen LogP contribution in [0.3, 0.4) is 0 Å². The molecular weight excluding hydrogens is 468 g/mol. The molecule has 0 saturated carbocycles. The van der Waals surface area contributed by atoms with Crippen LogP contribution < -0.4 is 16.0 Å². The van der Waals surface area contributed by atoms with Gasteiger partial charge >= 0.3 is 0 Å². The molecule has 0 aromatic heterocycles. The van der Waals surface area contributed by atoms with Gasteiger partial charge in [0.1, 0.15) is 12.1 Å². The minimum Gasteiger partial charge on any atom is -0.344 e. The molecule has 1 aromatic carbocycles. The van der Waals surface area contributed by atoms with Crippen LogP contribution in [-0.2, 0) is 30.4 Å². The monoisotopic (exact) mass is 504 g/mol. The van der Waals surface area contributed by atoms with Gasteiger partial charge in [-0.25, -0.2) is 0 Å². The molecule has 35 heavy (non-hydrogen) atoms. The third-order valence-electron chi connectivity index (χ3n) is 5.67. The molecule has 1 aliphatic heterocycles. The predicted molar refractivity (Wildman–Crippen MR) is 137 cm³/mol. The van der Waals surface area contributed by atoms with E-state index in [1.165, 1.54) is 5.56 Å². The van der Waals surface area contributed by atoms with Crippen molar-refractivity contribution < 1.29 is 24.0 Å². The maximum Gasteiger partial charge on any atom is 0.246 e. The Morgan fingerprint density at radius 3 is 2.14 bits per heavy atom. The number of likely N-dealkylation sites (tertiary alicyclic amines) is 1. The van der Waals surface area contributed by atoms with Crippen LogP contribution in [0.25, 0.3) is 0 Å². The number of nitrogens with zero attached hydrogens (tertiary/aromatic N) is 1. The maximum absolute atomic E-state index is 12.8. The van der Waals surface area contributed by atoms with Crippen molar-refractivity contribution >= 4 is 47.9 Å². The lowest BCUT2D eigenvalue weighted by Gasteiger charge is -2.24. The molecule has 0 radical (unpaired) electrons. The number of thiol groups is 1. The van der Waals surface area contributed by atoms with Gasteiger partial charge in [0.05, 0.1) is 5.25 Å². The van der Waals surface area contributed by atoms with Crippen molar-refractivity contribution in [2.75, 3.05) is 11.9 Å². The van der Waals surface area contributed by atoms with Crippen molar-refractivity contribution in [3.63, 3.8) is 0 Å². The highest BCUT2D eigenvalue weighted by Gasteiger charge is 2.36. The standard InChI is InChI=1S/C25H36N4O5S/c1-14(2)12-17-6-8-18(9-7-17)27-23(32)16(5)26-24(33)22(15(3)4)28-20(30)10-11-29-21(31)13-19(35)25(29)34/h6-9,14-16,19,22,35H,10-13H2,1-5H3,(H,26,33)(H,27,32)(H,28,30). The fraction of sp³-hybridized carbons (Fsp3) is 0.560. The van der Waals surface area contributed by atoms with Crippen LogP contribution >= 0.6 is 12.6 Å². The lowest BCUT2D eigenvalue weighted by Crippen LogP contribution is -2.54. The van der Waals surface area contributed by atoms with Gasteiger partial charge < -0.3 is 16.0 Å². The van der Waals surface area contributed by atoms with E-state index in [-0.39, 0.29) is 37.1 Å². The average Bonchev–Trinajstić information content (AvgIpc) is 3.01. The molecule has 192 valence electrons. The van der Waals surface area contributed by atoms with Crippen molar-refractivity contribution in [2.24, 2.45) is 11.8 Å². The highest BCUT2D eigenvalue weighted by Crippen LogP contribution is 2.18. The smallest absolute Gasteiger partial charge is 0.246 e. The van der Waals surface area contributed by atoms with Crippen molar-refractivity contribution in [2.45, 2.75) is 71.2 Å². The van der Waals surface area contributed by atoms with Crippen LogP contribution in [0.1, 0.15) is 53.0 Å². The van der Waals surface area contributed by atoms with E-state index < -0.39 is 35.1 Å². The zero-order chi connectivity index (χ0) is 26.3. The highest BCUT2D eigenvalue weighted by atomic mass is 32.1. The molecule has 1 heterocycles.